The number of thioether (sulfide) groups is 3. The number of ketones is 3. The van der Waals surface area contributed by atoms with Crippen LogP contribution in [-0.4, -0.2) is 152 Å². The Hall–Kier alpha value is -10.9. The first-order valence-corrected chi connectivity index (χ1v) is 52.4. The zero-order chi connectivity index (χ0) is 98.8. The summed E-state index contributed by atoms with van der Waals surface area (Å²) in [5, 5.41) is 4.43. The van der Waals surface area contributed by atoms with E-state index in [9.17, 15) is 78.7 Å². The van der Waals surface area contributed by atoms with Gasteiger partial charge >= 0.3 is 12.4 Å². The van der Waals surface area contributed by atoms with Crippen molar-refractivity contribution in [3.05, 3.63) is 342 Å². The van der Waals surface area contributed by atoms with Crippen molar-refractivity contribution in [1.29, 1.82) is 0 Å². The number of aryl methyl sites for hydroxylation is 1. The number of methoxy groups -OCH3 is 1. The second-order valence-corrected chi connectivity index (χ2v) is 42.6. The fraction of sp³-hybridized carbons (Fsp3) is 0.283. The Balaban J connectivity index is 0.000000160. The number of fused-ring (bicyclic) bond motifs is 8. The first-order chi connectivity index (χ1) is 67.3. The largest absolute Gasteiger partial charge is 0.457 e. The van der Waals surface area contributed by atoms with E-state index in [0.717, 1.165) is 160 Å². The molecule has 5 aliphatic heterocycles. The van der Waals surface area contributed by atoms with Crippen LogP contribution in [0.15, 0.2) is 280 Å². The summed E-state index contributed by atoms with van der Waals surface area (Å²) in [6, 6.07) is 69.1. The van der Waals surface area contributed by atoms with Gasteiger partial charge in [-0.15, -0.1) is 35.3 Å². The quantitative estimate of drug-likeness (QED) is 0.0978. The molecule has 11 aromatic carbocycles. The lowest BCUT2D eigenvalue weighted by Crippen LogP contribution is -2.49. The molecule has 5 aromatic heterocycles. The van der Waals surface area contributed by atoms with Gasteiger partial charge in [0.1, 0.15) is 17.3 Å². The summed E-state index contributed by atoms with van der Waals surface area (Å²) in [6.07, 6.45) is -4.81. The van der Waals surface area contributed by atoms with Crippen molar-refractivity contribution >= 4 is 212 Å². The molecule has 0 atom stereocenters. The number of benzene rings is 11. The van der Waals surface area contributed by atoms with Gasteiger partial charge in [0.15, 0.2) is 17.3 Å². The molecule has 0 bridgehead atoms. The van der Waals surface area contributed by atoms with Gasteiger partial charge in [-0.2, -0.15) is 26.3 Å². The number of halogens is 10. The minimum Gasteiger partial charge on any atom is -0.457 e. The molecule has 0 unspecified atom stereocenters. The van der Waals surface area contributed by atoms with Gasteiger partial charge in [-0.3, -0.25) is 61.7 Å². The van der Waals surface area contributed by atoms with E-state index in [0.29, 0.717) is 89.3 Å². The van der Waals surface area contributed by atoms with Crippen molar-refractivity contribution in [2.24, 2.45) is 11.8 Å². The fourth-order valence-electron chi connectivity index (χ4n) is 15.5. The molecule has 21 nitrogen and oxygen atoms in total. The molecule has 10 heterocycles. The van der Waals surface area contributed by atoms with E-state index >= 15 is 0 Å². The zero-order valence-corrected chi connectivity index (χ0v) is 84.2. The lowest BCUT2D eigenvalue weighted by molar-refractivity contribution is -0.140. The van der Waals surface area contributed by atoms with Crippen LogP contribution in [0, 0.1) is 24.6 Å². The number of aromatic nitrogens is 5. The Kier molecular flexibility index (Phi) is 40.4. The SMILES string of the molecule is C.C.C.C.C.COCCn1sc2ccccc2c1=O.Cc1ccc(-n2sc3ccccc3c2=O)c(Br)c1.O=C(C1CC1)N1CCN(Cn2sc3c(C(F)(F)F)cccc3c2=O)CC1.O=C(C1CC1)N1CCN(Cn2sc3c(Cl)cccc3c2=O)CC1.O=C1CSc2c(Cl)cccc21.O=C1CSc2c(F)cccc21.O=C1CSc2c1cccc2C(F)(F)F.O=c1c2ccccc2sn1-c1ccc(Oc2ccccc2)cc1. The molecule has 2 saturated heterocycles. The number of hydrogen-bond donors (Lipinski definition) is 0. The molecule has 2 aliphatic carbocycles. The molecule has 2 amide bonds. The molecule has 4 fully saturated rings. The van der Waals surface area contributed by atoms with Crippen LogP contribution in [0.25, 0.3) is 61.8 Å². The Morgan fingerprint density at radius 3 is 1.30 bits per heavy atom. The van der Waals surface area contributed by atoms with Crippen molar-refractivity contribution in [2.45, 2.75) is 117 Å². The maximum atomic E-state index is 13.2. The van der Waals surface area contributed by atoms with E-state index in [4.69, 9.17) is 32.7 Å². The van der Waals surface area contributed by atoms with Crippen molar-refractivity contribution in [3.63, 3.8) is 0 Å². The Morgan fingerprint density at radius 1 is 0.407 bits per heavy atom. The van der Waals surface area contributed by atoms with Crippen LogP contribution >= 0.6 is 132 Å². The monoisotopic (exact) mass is 2230 g/mol. The molecule has 764 valence electrons. The first-order valence-electron chi connectivity index (χ1n) is 44.0. The topological polar surface area (TPSA) is 227 Å². The van der Waals surface area contributed by atoms with Crippen LogP contribution in [0.2, 0.25) is 10.0 Å². The number of nitrogens with zero attached hydrogens (tertiary/aromatic N) is 9. The summed E-state index contributed by atoms with van der Waals surface area (Å²) in [4.78, 5) is 128. The highest BCUT2D eigenvalue weighted by atomic mass is 79.9. The van der Waals surface area contributed by atoms with Crippen LogP contribution in [0.5, 0.6) is 11.5 Å². The molecular weight excluding hydrogens is 2130 g/mol. The van der Waals surface area contributed by atoms with Gasteiger partial charge in [-0.25, -0.2) is 20.2 Å². The summed E-state index contributed by atoms with van der Waals surface area (Å²) in [7, 11) is 1.64. The molecule has 0 N–H and O–H groups in total. The number of rotatable bonds is 13. The van der Waals surface area contributed by atoms with Gasteiger partial charge in [0, 0.05) is 102 Å². The summed E-state index contributed by atoms with van der Waals surface area (Å²) >= 11 is 26.0. The van der Waals surface area contributed by atoms with E-state index in [2.05, 4.69) is 20.8 Å². The van der Waals surface area contributed by atoms with E-state index in [1.54, 1.807) is 35.1 Å². The molecule has 0 radical (unpaired) electrons. The normalized spacial score (nSPS) is 14.5. The summed E-state index contributed by atoms with van der Waals surface area (Å²) in [5.74, 6) is 3.29. The van der Waals surface area contributed by atoms with Gasteiger partial charge in [0.2, 0.25) is 11.8 Å². The van der Waals surface area contributed by atoms with Crippen molar-refractivity contribution in [1.82, 2.24) is 39.4 Å². The molecule has 145 heavy (non-hydrogen) atoms. The minimum atomic E-state index is -4.48. The lowest BCUT2D eigenvalue weighted by atomic mass is 10.1. The van der Waals surface area contributed by atoms with Crippen molar-refractivity contribution in [2.75, 3.05) is 83.3 Å². The molecule has 7 aliphatic rings. The van der Waals surface area contributed by atoms with Crippen molar-refractivity contribution < 1.29 is 64.2 Å². The molecular formula is C106H105BrCl2F7N9O12S8. The van der Waals surface area contributed by atoms with E-state index in [1.807, 2.05) is 204 Å². The Labute approximate surface area is 884 Å². The number of piperazine rings is 2. The van der Waals surface area contributed by atoms with Crippen LogP contribution in [0.1, 0.15) is 111 Å². The van der Waals surface area contributed by atoms with Crippen LogP contribution < -0.4 is 32.5 Å². The number of para-hydroxylation sites is 1. The summed E-state index contributed by atoms with van der Waals surface area (Å²) in [6.45, 7) is 9.64. The van der Waals surface area contributed by atoms with E-state index in [-0.39, 0.29) is 133 Å². The van der Waals surface area contributed by atoms with Gasteiger partial charge in [0.05, 0.1) is 132 Å². The number of carbonyl (C=O) groups excluding carboxylic acids is 5. The van der Waals surface area contributed by atoms with E-state index in [1.165, 1.54) is 110 Å². The third kappa shape index (κ3) is 27.6. The van der Waals surface area contributed by atoms with Gasteiger partial charge in [-0.05, 0) is 181 Å². The average Bonchev–Trinajstić information content (AvgIpc) is 1.63. The van der Waals surface area contributed by atoms with Crippen LogP contribution in [0.3, 0.4) is 0 Å². The standard InChI is InChI=1S/C19H13NO2S.C17H18F3N3O2S.C16H18ClN3O2S.C14H10BrNOS.C10H11NO2S.C9H5F3OS.C8H5ClOS.C8H5FOS.5CH4/c21-19-17-8-4-5-9-18(17)23-20(19)14-10-12-16(13-11-14)22-15-6-2-1-3-7-15;18-17(19,20)13-3-1-2-12-14(13)26-23(16(12)25)10-21-6-8-22(9-7-21)15(24)11-4-5-11;17-13-3-1-2-12-14(13)23-20(16(12)22)10-18-6-8-19(9-7-18)15(21)11-4-5-11;1-9-6-7-12(11(15)8-9)16-14(17)10-4-2-3-5-13(10)18-16;1-13-7-6-11-10(12)8-4-2-3-5-9(8)14-11;10-9(11,12)6-3-1-2-5-7(13)4-14-8(5)6;2*9-6-3-1-2-5-7(10)4-11-8(5)6;;;;;/h1-13H;1-3,11H,4-10H2;1-3,11H,4-10H2;2-8H,1H3;2-5H,6-7H2,1H3;1-3H,4H2;2*1-3H,4H2;5*1H4. The smallest absolute Gasteiger partial charge is 0.417 e. The fourth-order valence-corrected chi connectivity index (χ4v) is 25.2. The van der Waals surface area contributed by atoms with Gasteiger partial charge < -0.3 is 19.3 Å². The maximum Gasteiger partial charge on any atom is 0.417 e. The third-order valence-electron chi connectivity index (χ3n) is 23.1. The van der Waals surface area contributed by atoms with Gasteiger partial charge in [0.25, 0.3) is 27.8 Å². The number of carbonyl (C=O) groups is 5. The second-order valence-electron chi connectivity index (χ2n) is 32.8. The molecule has 23 rings (SSSR count). The molecule has 16 aromatic rings. The number of amides is 2. The predicted octanol–water partition coefficient (Wildman–Crippen LogP) is 26.4. The Morgan fingerprint density at radius 2 is 0.814 bits per heavy atom. The summed E-state index contributed by atoms with van der Waals surface area (Å²) in [5.41, 5.74) is 2.72. The van der Waals surface area contributed by atoms with Crippen LogP contribution in [-0.2, 0) is 46.6 Å². The van der Waals surface area contributed by atoms with Crippen LogP contribution in [0.4, 0.5) is 30.7 Å². The highest BCUT2D eigenvalue weighted by Crippen LogP contribution is 2.44. The second kappa shape index (κ2) is 51.2. The highest BCUT2D eigenvalue weighted by Gasteiger charge is 2.40. The third-order valence-corrected chi connectivity index (χ3v) is 33.5. The average molecular weight is 2240 g/mol. The lowest BCUT2D eigenvalue weighted by Gasteiger charge is -2.34. The summed E-state index contributed by atoms with van der Waals surface area (Å²) < 4.78 is 114. The number of ether oxygens (including phenoxy) is 2. The van der Waals surface area contributed by atoms with Crippen molar-refractivity contribution in [3.8, 4) is 22.9 Å². The Bertz CT molecular complexity index is 7560. The number of hydrogen-bond acceptors (Lipinski definition) is 22. The predicted molar refractivity (Wildman–Crippen MR) is 584 cm³/mol. The maximum absolute atomic E-state index is 13.2. The number of alkyl halides is 6. The van der Waals surface area contributed by atoms with E-state index < -0.39 is 29.0 Å². The van der Waals surface area contributed by atoms with Gasteiger partial charge in [-0.1, -0.05) is 227 Å². The minimum absolute atomic E-state index is 0. The zero-order valence-electron chi connectivity index (χ0n) is 74.6. The molecule has 0 spiro atoms. The molecule has 39 heteroatoms. The number of Topliss-reactive ketones (excluding diaryl/α,β-unsaturated/α-hetero) is 3. The highest BCUT2D eigenvalue weighted by molar-refractivity contribution is 9.10. The first kappa shape index (κ1) is 114. The molecule has 2 saturated carbocycles.